The summed E-state index contributed by atoms with van der Waals surface area (Å²) in [5, 5.41) is 43.2. The number of aliphatic hydroxyl groups is 3. The van der Waals surface area contributed by atoms with Gasteiger partial charge in [-0.3, -0.25) is 14.4 Å². The zero-order valence-electron chi connectivity index (χ0n) is 16.9. The standard InChI is InChI=1S/C23H24O7/c1-3-10-5-6-15(25)18-13(10)8-11-7-12-9-16(26)19(14(24)4-2)22(29)23(12,30)21(28)17(11)20(18)27/h5-6,11-12,25,27,29-30H,3-4,7-9H2,1-2H3/t11-,12+,23+/m1/s1. The number of carbonyl (C=O) groups excluding carboxylic acids is 3. The maximum Gasteiger partial charge on any atom is 0.202 e. The second kappa shape index (κ2) is 6.80. The van der Waals surface area contributed by atoms with Crippen LogP contribution in [-0.4, -0.2) is 43.4 Å². The van der Waals surface area contributed by atoms with Crippen LogP contribution >= 0.6 is 0 Å². The van der Waals surface area contributed by atoms with Crippen molar-refractivity contribution in [1.82, 2.24) is 0 Å². The molecule has 7 nitrogen and oxygen atoms in total. The number of ketones is 3. The molecule has 3 aliphatic carbocycles. The first kappa shape index (κ1) is 20.3. The number of hydrogen-bond donors (Lipinski definition) is 4. The van der Waals surface area contributed by atoms with Crippen molar-refractivity contribution in [2.45, 2.75) is 51.6 Å². The molecular formula is C23H24O7. The van der Waals surface area contributed by atoms with Crippen LogP contribution in [-0.2, 0) is 27.2 Å². The predicted octanol–water partition coefficient (Wildman–Crippen LogP) is 2.48. The van der Waals surface area contributed by atoms with Crippen molar-refractivity contribution in [3.63, 3.8) is 0 Å². The van der Waals surface area contributed by atoms with Crippen molar-refractivity contribution in [3.05, 3.63) is 45.7 Å². The molecule has 0 aromatic heterocycles. The highest BCUT2D eigenvalue weighted by atomic mass is 16.3. The van der Waals surface area contributed by atoms with E-state index in [1.807, 2.05) is 6.92 Å². The van der Waals surface area contributed by atoms with E-state index < -0.39 is 51.9 Å². The smallest absolute Gasteiger partial charge is 0.202 e. The van der Waals surface area contributed by atoms with Crippen molar-refractivity contribution in [2.75, 3.05) is 0 Å². The minimum absolute atomic E-state index is 0.0579. The van der Waals surface area contributed by atoms with Gasteiger partial charge in [-0.05, 0) is 42.4 Å². The summed E-state index contributed by atoms with van der Waals surface area (Å²) in [7, 11) is 0. The minimum atomic E-state index is -2.44. The van der Waals surface area contributed by atoms with Gasteiger partial charge in [-0.15, -0.1) is 0 Å². The average Bonchev–Trinajstić information content (AvgIpc) is 2.70. The molecule has 3 aliphatic rings. The Morgan fingerprint density at radius 3 is 2.47 bits per heavy atom. The molecule has 30 heavy (non-hydrogen) atoms. The molecular weight excluding hydrogens is 388 g/mol. The van der Waals surface area contributed by atoms with Gasteiger partial charge < -0.3 is 20.4 Å². The average molecular weight is 412 g/mol. The third-order valence-electron chi connectivity index (χ3n) is 6.78. The maximum atomic E-state index is 13.4. The van der Waals surface area contributed by atoms with Crippen LogP contribution in [0.25, 0.3) is 5.76 Å². The van der Waals surface area contributed by atoms with Gasteiger partial charge in [0.05, 0.1) is 5.56 Å². The van der Waals surface area contributed by atoms with Crippen LogP contribution in [0.4, 0.5) is 0 Å². The Balaban J connectivity index is 1.93. The molecule has 1 saturated carbocycles. The second-order valence-electron chi connectivity index (χ2n) is 8.27. The number of benzene rings is 1. The van der Waals surface area contributed by atoms with Crippen LogP contribution in [0, 0.1) is 11.8 Å². The summed E-state index contributed by atoms with van der Waals surface area (Å²) < 4.78 is 0. The van der Waals surface area contributed by atoms with Crippen LogP contribution < -0.4 is 0 Å². The summed E-state index contributed by atoms with van der Waals surface area (Å²) in [5.74, 6) is -5.01. The van der Waals surface area contributed by atoms with E-state index in [1.165, 1.54) is 13.0 Å². The van der Waals surface area contributed by atoms with Gasteiger partial charge in [-0.2, -0.15) is 0 Å². The Hall–Kier alpha value is -2.93. The molecule has 158 valence electrons. The Bertz CT molecular complexity index is 1060. The predicted molar refractivity (Wildman–Crippen MR) is 107 cm³/mol. The van der Waals surface area contributed by atoms with Crippen LogP contribution in [0.5, 0.6) is 5.75 Å². The van der Waals surface area contributed by atoms with Crippen molar-refractivity contribution in [3.8, 4) is 5.75 Å². The van der Waals surface area contributed by atoms with Crippen LogP contribution in [0.2, 0.25) is 0 Å². The number of fused-ring (bicyclic) bond motifs is 3. The number of phenols is 1. The third kappa shape index (κ3) is 2.51. The summed E-state index contributed by atoms with van der Waals surface area (Å²) in [6.45, 7) is 3.47. The number of aryl methyl sites for hydroxylation is 1. The number of allylic oxidation sites excluding steroid dienone is 1. The molecule has 3 atom stereocenters. The molecule has 4 N–H and O–H groups in total. The number of carbonyl (C=O) groups is 3. The van der Waals surface area contributed by atoms with Crippen molar-refractivity contribution >= 4 is 23.1 Å². The highest BCUT2D eigenvalue weighted by molar-refractivity contribution is 6.23. The first-order valence-electron chi connectivity index (χ1n) is 10.2. The Morgan fingerprint density at radius 1 is 1.13 bits per heavy atom. The van der Waals surface area contributed by atoms with Gasteiger partial charge in [-0.1, -0.05) is 19.9 Å². The number of hydrogen-bond acceptors (Lipinski definition) is 7. The summed E-state index contributed by atoms with van der Waals surface area (Å²) in [5.41, 5.74) is -1.21. The Labute approximate surface area is 173 Å². The van der Waals surface area contributed by atoms with E-state index >= 15 is 0 Å². The molecule has 0 bridgehead atoms. The SMILES string of the molecule is CCC(=O)C1=C(O)[C@@]2(O)C(=O)C3=C(O)c4c(O)ccc(CC)c4C[C@H]3C[C@H]2CC1=O. The summed E-state index contributed by atoms with van der Waals surface area (Å²) in [4.78, 5) is 38.1. The molecule has 0 saturated heterocycles. The van der Waals surface area contributed by atoms with Gasteiger partial charge in [0.2, 0.25) is 5.78 Å². The fourth-order valence-corrected chi connectivity index (χ4v) is 5.23. The topological polar surface area (TPSA) is 132 Å². The van der Waals surface area contributed by atoms with Crippen molar-refractivity contribution in [1.29, 1.82) is 0 Å². The van der Waals surface area contributed by atoms with Gasteiger partial charge in [0, 0.05) is 24.3 Å². The van der Waals surface area contributed by atoms with E-state index in [9.17, 15) is 34.8 Å². The largest absolute Gasteiger partial charge is 0.508 e. The highest BCUT2D eigenvalue weighted by Gasteiger charge is 2.60. The van der Waals surface area contributed by atoms with E-state index in [-0.39, 0.29) is 36.1 Å². The lowest BCUT2D eigenvalue weighted by molar-refractivity contribution is -0.147. The van der Waals surface area contributed by atoms with Gasteiger partial charge in [-0.25, -0.2) is 0 Å². The number of rotatable bonds is 3. The van der Waals surface area contributed by atoms with E-state index in [0.717, 1.165) is 11.1 Å². The molecule has 1 aromatic rings. The molecule has 1 aromatic carbocycles. The number of Topliss-reactive ketones (excluding diaryl/α,β-unsaturated/α-hetero) is 3. The molecule has 0 unspecified atom stereocenters. The first-order chi connectivity index (χ1) is 14.2. The molecule has 1 fully saturated rings. The van der Waals surface area contributed by atoms with Crippen LogP contribution in [0.3, 0.4) is 0 Å². The lowest BCUT2D eigenvalue weighted by Gasteiger charge is -2.46. The molecule has 0 aliphatic heterocycles. The zero-order valence-corrected chi connectivity index (χ0v) is 16.9. The quantitative estimate of drug-likeness (QED) is 0.561. The fourth-order valence-electron chi connectivity index (χ4n) is 5.23. The van der Waals surface area contributed by atoms with Crippen molar-refractivity contribution < 1.29 is 34.8 Å². The summed E-state index contributed by atoms with van der Waals surface area (Å²) in [6, 6.07) is 3.23. The number of aliphatic hydroxyl groups excluding tert-OH is 2. The van der Waals surface area contributed by atoms with Gasteiger partial charge in [0.1, 0.15) is 22.8 Å². The van der Waals surface area contributed by atoms with Crippen molar-refractivity contribution in [2.24, 2.45) is 11.8 Å². The minimum Gasteiger partial charge on any atom is -0.508 e. The molecule has 4 rings (SSSR count). The van der Waals surface area contributed by atoms with Crippen LogP contribution in [0.15, 0.2) is 29.0 Å². The monoisotopic (exact) mass is 412 g/mol. The molecule has 0 heterocycles. The third-order valence-corrected chi connectivity index (χ3v) is 6.78. The summed E-state index contributed by atoms with van der Waals surface area (Å²) >= 11 is 0. The van der Waals surface area contributed by atoms with Gasteiger partial charge in [0.25, 0.3) is 0 Å². The maximum absolute atomic E-state index is 13.4. The van der Waals surface area contributed by atoms with E-state index in [4.69, 9.17) is 0 Å². The lowest BCUT2D eigenvalue weighted by atomic mass is 9.59. The zero-order chi connectivity index (χ0) is 22.0. The molecule has 0 radical (unpaired) electrons. The lowest BCUT2D eigenvalue weighted by Crippen LogP contribution is -2.58. The fraction of sp³-hybridized carbons (Fsp3) is 0.435. The van der Waals surface area contributed by atoms with Gasteiger partial charge >= 0.3 is 0 Å². The van der Waals surface area contributed by atoms with E-state index in [1.54, 1.807) is 6.07 Å². The summed E-state index contributed by atoms with van der Waals surface area (Å²) in [6.07, 6.45) is 0.931. The van der Waals surface area contributed by atoms with Crippen LogP contribution in [0.1, 0.15) is 49.8 Å². The normalized spacial score (nSPS) is 28.2. The Morgan fingerprint density at radius 2 is 1.83 bits per heavy atom. The van der Waals surface area contributed by atoms with Gasteiger partial charge in [0.15, 0.2) is 17.2 Å². The number of phenolic OH excluding ortho intramolecular Hbond substituents is 1. The first-order valence-corrected chi connectivity index (χ1v) is 10.2. The highest BCUT2D eigenvalue weighted by Crippen LogP contribution is 2.52. The second-order valence-corrected chi connectivity index (χ2v) is 8.27. The van der Waals surface area contributed by atoms with E-state index in [0.29, 0.717) is 12.8 Å². The molecule has 0 amide bonds. The molecule has 0 spiro atoms. The molecule has 7 heteroatoms. The number of aromatic hydroxyl groups is 1. The van der Waals surface area contributed by atoms with E-state index in [2.05, 4.69) is 0 Å². The Kier molecular flexibility index (Phi) is 4.62.